The maximum atomic E-state index is 12.2. The lowest BCUT2D eigenvalue weighted by molar-refractivity contribution is 0.0951. The van der Waals surface area contributed by atoms with E-state index in [1.165, 1.54) is 0 Å². The number of methoxy groups -OCH3 is 1. The van der Waals surface area contributed by atoms with Gasteiger partial charge in [0.25, 0.3) is 0 Å². The van der Waals surface area contributed by atoms with Crippen molar-refractivity contribution in [3.8, 4) is 5.75 Å². The third-order valence-corrected chi connectivity index (χ3v) is 3.05. The van der Waals surface area contributed by atoms with Gasteiger partial charge in [0.1, 0.15) is 5.75 Å². The van der Waals surface area contributed by atoms with Crippen LogP contribution < -0.4 is 10.1 Å². The minimum Gasteiger partial charge on any atom is -0.496 e. The number of hydrogen-bond donors (Lipinski definition) is 1. The molecule has 18 heavy (non-hydrogen) atoms. The quantitative estimate of drug-likeness (QED) is 0.596. The number of rotatable bonds is 7. The zero-order chi connectivity index (χ0) is 13.5. The second kappa shape index (κ2) is 7.17. The van der Waals surface area contributed by atoms with Crippen LogP contribution >= 0.6 is 0 Å². The molecule has 0 aliphatic heterocycles. The fourth-order valence-corrected chi connectivity index (χ4v) is 1.87. The summed E-state index contributed by atoms with van der Waals surface area (Å²) in [6.45, 7) is 6.89. The molecule has 0 heterocycles. The molecule has 1 unspecified atom stereocenters. The van der Waals surface area contributed by atoms with Crippen LogP contribution in [0.3, 0.4) is 0 Å². The highest BCUT2D eigenvalue weighted by Gasteiger charge is 2.15. The molecule has 0 aromatic heterocycles. The molecule has 0 aliphatic carbocycles. The monoisotopic (exact) mass is 249 g/mol. The summed E-state index contributed by atoms with van der Waals surface area (Å²) < 4.78 is 5.19. The Hall–Kier alpha value is -1.35. The summed E-state index contributed by atoms with van der Waals surface area (Å²) in [5.41, 5.74) is 1.73. The number of ketones is 1. The van der Waals surface area contributed by atoms with Crippen LogP contribution in [0, 0.1) is 6.92 Å². The number of unbranched alkanes of at least 4 members (excludes halogenated alkanes) is 1. The van der Waals surface area contributed by atoms with Gasteiger partial charge in [-0.1, -0.05) is 13.3 Å². The summed E-state index contributed by atoms with van der Waals surface area (Å²) in [4.78, 5) is 12.2. The van der Waals surface area contributed by atoms with Crippen LogP contribution in [0.25, 0.3) is 0 Å². The molecule has 1 rings (SSSR count). The predicted molar refractivity (Wildman–Crippen MR) is 74.4 cm³/mol. The van der Waals surface area contributed by atoms with Gasteiger partial charge in [0.2, 0.25) is 0 Å². The van der Waals surface area contributed by atoms with Crippen LogP contribution in [0.4, 0.5) is 0 Å². The Kier molecular flexibility index (Phi) is 5.86. The maximum absolute atomic E-state index is 12.2. The number of benzene rings is 1. The first-order valence-electron chi connectivity index (χ1n) is 6.52. The van der Waals surface area contributed by atoms with E-state index in [0.29, 0.717) is 0 Å². The van der Waals surface area contributed by atoms with Crippen molar-refractivity contribution in [2.24, 2.45) is 0 Å². The smallest absolute Gasteiger partial charge is 0.179 e. The van der Waals surface area contributed by atoms with E-state index in [-0.39, 0.29) is 11.8 Å². The maximum Gasteiger partial charge on any atom is 0.179 e. The molecule has 100 valence electrons. The lowest BCUT2D eigenvalue weighted by Crippen LogP contribution is -2.34. The number of aryl methyl sites for hydroxylation is 1. The summed E-state index contributed by atoms with van der Waals surface area (Å²) in [5, 5.41) is 3.25. The van der Waals surface area contributed by atoms with Crippen LogP contribution in [0.1, 0.15) is 42.6 Å². The van der Waals surface area contributed by atoms with Crippen molar-refractivity contribution in [3.05, 3.63) is 29.3 Å². The van der Waals surface area contributed by atoms with Crippen molar-refractivity contribution in [3.63, 3.8) is 0 Å². The first-order chi connectivity index (χ1) is 8.60. The van der Waals surface area contributed by atoms with Gasteiger partial charge in [-0.2, -0.15) is 0 Å². The number of carbonyl (C=O) groups is 1. The first-order valence-corrected chi connectivity index (χ1v) is 6.52. The molecular formula is C15H23NO2. The molecule has 0 saturated carbocycles. The number of ether oxygens (including phenoxy) is 1. The average molecular weight is 249 g/mol. The van der Waals surface area contributed by atoms with Crippen molar-refractivity contribution in [2.45, 2.75) is 39.7 Å². The molecule has 0 saturated heterocycles. The number of carbonyl (C=O) groups excluding carboxylic acids is 1. The second-order valence-corrected chi connectivity index (χ2v) is 4.58. The Labute approximate surface area is 110 Å². The Morgan fingerprint density at radius 3 is 2.72 bits per heavy atom. The summed E-state index contributed by atoms with van der Waals surface area (Å²) in [6.07, 6.45) is 2.23. The van der Waals surface area contributed by atoms with Gasteiger partial charge in [-0.3, -0.25) is 4.79 Å². The first kappa shape index (κ1) is 14.7. The largest absolute Gasteiger partial charge is 0.496 e. The fourth-order valence-electron chi connectivity index (χ4n) is 1.87. The van der Waals surface area contributed by atoms with Crippen LogP contribution in [0.5, 0.6) is 5.75 Å². The molecule has 3 nitrogen and oxygen atoms in total. The van der Waals surface area contributed by atoms with Gasteiger partial charge in [0.15, 0.2) is 5.78 Å². The lowest BCUT2D eigenvalue weighted by Gasteiger charge is -2.13. The highest BCUT2D eigenvalue weighted by Crippen LogP contribution is 2.19. The lowest BCUT2D eigenvalue weighted by atomic mass is 10.0. The van der Waals surface area contributed by atoms with E-state index in [9.17, 15) is 4.79 Å². The van der Waals surface area contributed by atoms with Gasteiger partial charge in [-0.05, 0) is 50.6 Å². The van der Waals surface area contributed by atoms with E-state index < -0.39 is 0 Å². The molecule has 1 N–H and O–H groups in total. The normalized spacial score (nSPS) is 12.2. The molecule has 0 aliphatic rings. The van der Waals surface area contributed by atoms with Crippen molar-refractivity contribution >= 4 is 5.78 Å². The highest BCUT2D eigenvalue weighted by atomic mass is 16.5. The Bertz CT molecular complexity index is 401. The van der Waals surface area contributed by atoms with Gasteiger partial charge in [-0.25, -0.2) is 0 Å². The Morgan fingerprint density at radius 2 is 2.17 bits per heavy atom. The van der Waals surface area contributed by atoms with Crippen molar-refractivity contribution < 1.29 is 9.53 Å². The van der Waals surface area contributed by atoms with E-state index in [1.807, 2.05) is 32.0 Å². The van der Waals surface area contributed by atoms with Crippen LogP contribution in [-0.4, -0.2) is 25.5 Å². The molecule has 0 bridgehead atoms. The van der Waals surface area contributed by atoms with E-state index in [1.54, 1.807) is 7.11 Å². The Balaban J connectivity index is 2.68. The molecule has 0 spiro atoms. The summed E-state index contributed by atoms with van der Waals surface area (Å²) in [6, 6.07) is 5.43. The van der Waals surface area contributed by atoms with Crippen molar-refractivity contribution in [1.29, 1.82) is 0 Å². The number of hydrogen-bond acceptors (Lipinski definition) is 3. The average Bonchev–Trinajstić information content (AvgIpc) is 2.38. The second-order valence-electron chi connectivity index (χ2n) is 4.58. The molecule has 0 amide bonds. The summed E-state index contributed by atoms with van der Waals surface area (Å²) >= 11 is 0. The molecule has 0 radical (unpaired) electrons. The number of nitrogens with one attached hydrogen (secondary N) is 1. The SMILES string of the molecule is CCCCNC(C)C(=O)c1ccc(OC)c(C)c1. The van der Waals surface area contributed by atoms with Crippen molar-refractivity contribution in [1.82, 2.24) is 5.32 Å². The third-order valence-electron chi connectivity index (χ3n) is 3.05. The summed E-state index contributed by atoms with van der Waals surface area (Å²) in [7, 11) is 1.64. The number of Topliss-reactive ketones (excluding diaryl/α,β-unsaturated/α-hetero) is 1. The minimum atomic E-state index is -0.135. The topological polar surface area (TPSA) is 38.3 Å². The van der Waals surface area contributed by atoms with Gasteiger partial charge in [0, 0.05) is 5.56 Å². The van der Waals surface area contributed by atoms with E-state index >= 15 is 0 Å². The molecular weight excluding hydrogens is 226 g/mol. The zero-order valence-electron chi connectivity index (χ0n) is 11.7. The standard InChI is InChI=1S/C15H23NO2/c1-5-6-9-16-12(3)15(17)13-7-8-14(18-4)11(2)10-13/h7-8,10,12,16H,5-6,9H2,1-4H3. The van der Waals surface area contributed by atoms with Gasteiger partial charge < -0.3 is 10.1 Å². The van der Waals surface area contributed by atoms with Crippen LogP contribution in [0.15, 0.2) is 18.2 Å². The van der Waals surface area contributed by atoms with E-state index in [0.717, 1.165) is 36.3 Å². The van der Waals surface area contributed by atoms with E-state index in [2.05, 4.69) is 12.2 Å². The van der Waals surface area contributed by atoms with Crippen molar-refractivity contribution in [2.75, 3.05) is 13.7 Å². The molecule has 1 atom stereocenters. The molecule has 3 heteroatoms. The minimum absolute atomic E-state index is 0.135. The molecule has 0 fully saturated rings. The third kappa shape index (κ3) is 3.84. The molecule has 1 aromatic carbocycles. The zero-order valence-corrected chi connectivity index (χ0v) is 11.7. The van der Waals surface area contributed by atoms with Gasteiger partial charge >= 0.3 is 0 Å². The van der Waals surface area contributed by atoms with Gasteiger partial charge in [-0.15, -0.1) is 0 Å². The summed E-state index contributed by atoms with van der Waals surface area (Å²) in [5.74, 6) is 0.954. The van der Waals surface area contributed by atoms with Gasteiger partial charge in [0.05, 0.1) is 13.2 Å². The van der Waals surface area contributed by atoms with E-state index in [4.69, 9.17) is 4.74 Å². The highest BCUT2D eigenvalue weighted by molar-refractivity contribution is 6.00. The fraction of sp³-hybridized carbons (Fsp3) is 0.533. The van der Waals surface area contributed by atoms with Crippen LogP contribution in [-0.2, 0) is 0 Å². The van der Waals surface area contributed by atoms with Crippen LogP contribution in [0.2, 0.25) is 0 Å². The predicted octanol–water partition coefficient (Wildman–Crippen LogP) is 2.96. The Morgan fingerprint density at radius 1 is 1.44 bits per heavy atom. The molecule has 1 aromatic rings.